The normalized spacial score (nSPS) is 11.8. The molecule has 0 spiro atoms. The first-order valence-corrected chi connectivity index (χ1v) is 12.1. The van der Waals surface area contributed by atoms with Crippen LogP contribution in [0.5, 0.6) is 17.2 Å². The van der Waals surface area contributed by atoms with Crippen LogP contribution < -0.4 is 24.5 Å². The maximum absolute atomic E-state index is 12.7. The molecule has 0 bridgehead atoms. The van der Waals surface area contributed by atoms with Crippen LogP contribution >= 0.6 is 11.3 Å². The first-order valence-electron chi connectivity index (χ1n) is 9.62. The highest BCUT2D eigenvalue weighted by atomic mass is 32.2. The third-order valence-corrected chi connectivity index (χ3v) is 6.58. The first-order chi connectivity index (χ1) is 16.3. The van der Waals surface area contributed by atoms with E-state index in [0.717, 1.165) is 5.41 Å². The predicted octanol–water partition coefficient (Wildman–Crippen LogP) is 1.99. The number of fused-ring (bicyclic) bond motifs is 1. The quantitative estimate of drug-likeness (QED) is 0.382. The number of rotatable bonds is 8. The lowest BCUT2D eigenvalue weighted by Crippen LogP contribution is -2.16. The summed E-state index contributed by atoms with van der Waals surface area (Å²) in [4.78, 5) is 16.9. The highest BCUT2D eigenvalue weighted by Gasteiger charge is 2.19. The van der Waals surface area contributed by atoms with Crippen LogP contribution in [0.4, 0.5) is 5.69 Å². The van der Waals surface area contributed by atoms with Crippen molar-refractivity contribution in [1.82, 2.24) is 24.4 Å². The number of aromatic nitrogens is 5. The molecule has 0 saturated carbocycles. The molecule has 0 saturated heterocycles. The second-order valence-electron chi connectivity index (χ2n) is 6.85. The Morgan fingerprint density at radius 3 is 2.41 bits per heavy atom. The van der Waals surface area contributed by atoms with Crippen molar-refractivity contribution >= 4 is 38.8 Å². The third-order valence-electron chi connectivity index (χ3n) is 4.86. The molecular formula is C20H20N6O6S2. The number of methoxy groups -OCH3 is 3. The van der Waals surface area contributed by atoms with Gasteiger partial charge in [0.15, 0.2) is 10.7 Å². The van der Waals surface area contributed by atoms with E-state index in [1.54, 1.807) is 19.2 Å². The molecule has 34 heavy (non-hydrogen) atoms. The Labute approximate surface area is 198 Å². The van der Waals surface area contributed by atoms with Gasteiger partial charge in [0.1, 0.15) is 28.3 Å². The van der Waals surface area contributed by atoms with Gasteiger partial charge >= 0.3 is 0 Å². The molecule has 178 valence electrons. The van der Waals surface area contributed by atoms with Crippen molar-refractivity contribution < 1.29 is 22.6 Å². The Kier molecular flexibility index (Phi) is 6.26. The molecule has 3 aromatic heterocycles. The summed E-state index contributed by atoms with van der Waals surface area (Å²) in [6.45, 7) is 0. The molecule has 12 nitrogen and oxygen atoms in total. The topological polar surface area (TPSA) is 139 Å². The van der Waals surface area contributed by atoms with Crippen molar-refractivity contribution in [2.75, 3.05) is 26.1 Å². The van der Waals surface area contributed by atoms with Gasteiger partial charge in [-0.1, -0.05) is 11.3 Å². The number of benzene rings is 1. The summed E-state index contributed by atoms with van der Waals surface area (Å²) in [6, 6.07) is 3.23. The van der Waals surface area contributed by atoms with E-state index in [1.165, 1.54) is 65.8 Å². The maximum atomic E-state index is 12.7. The zero-order valence-corrected chi connectivity index (χ0v) is 20.2. The molecule has 1 N–H and O–H groups in total. The monoisotopic (exact) mass is 504 g/mol. The van der Waals surface area contributed by atoms with Crippen molar-refractivity contribution in [2.24, 2.45) is 7.05 Å². The zero-order valence-electron chi connectivity index (χ0n) is 18.5. The summed E-state index contributed by atoms with van der Waals surface area (Å²) in [5, 5.41) is 9.10. The fourth-order valence-corrected chi connectivity index (χ4v) is 4.66. The average molecular weight is 505 g/mol. The largest absolute Gasteiger partial charge is 0.496 e. The third kappa shape index (κ3) is 4.32. The van der Waals surface area contributed by atoms with Crippen molar-refractivity contribution in [3.63, 3.8) is 0 Å². The van der Waals surface area contributed by atoms with Crippen LogP contribution in [0.3, 0.4) is 0 Å². The lowest BCUT2D eigenvalue weighted by Gasteiger charge is -2.12. The predicted molar refractivity (Wildman–Crippen MR) is 127 cm³/mol. The van der Waals surface area contributed by atoms with Gasteiger partial charge in [0.25, 0.3) is 15.6 Å². The van der Waals surface area contributed by atoms with Crippen LogP contribution in [0.25, 0.3) is 22.3 Å². The summed E-state index contributed by atoms with van der Waals surface area (Å²) in [5.41, 5.74) is 2.37. The standard InChI is InChI=1S/C20H20N6O6S2/c1-25-20(27)17(19-23-22-11-33-19)18-21-9-12(10-26(18)25)24-34(28,29)6-5-14-15(31-3)7-13(30-2)8-16(14)32-4/h5-11,24H,1-4H3/b6-5+. The van der Waals surface area contributed by atoms with Crippen molar-refractivity contribution in [2.45, 2.75) is 0 Å². The van der Waals surface area contributed by atoms with Gasteiger partial charge in [0.05, 0.1) is 50.4 Å². The molecule has 0 aliphatic heterocycles. The van der Waals surface area contributed by atoms with Gasteiger partial charge in [0.2, 0.25) is 0 Å². The molecule has 0 aliphatic carbocycles. The number of hydrogen-bond acceptors (Lipinski definition) is 10. The number of aryl methyl sites for hydroxylation is 1. The molecule has 0 fully saturated rings. The SMILES string of the molecule is COc1cc(OC)c(/C=C/S(=O)(=O)Nc2cnc3c(-c4nncs4)c(=O)n(C)n3c2)c(OC)c1. The van der Waals surface area contributed by atoms with Crippen molar-refractivity contribution in [3.05, 3.63) is 51.4 Å². The summed E-state index contributed by atoms with van der Waals surface area (Å²) in [6.07, 6.45) is 4.12. The Morgan fingerprint density at radius 2 is 1.82 bits per heavy atom. The van der Waals surface area contributed by atoms with E-state index in [-0.39, 0.29) is 16.8 Å². The second-order valence-corrected chi connectivity index (χ2v) is 9.25. The van der Waals surface area contributed by atoms with Crippen LogP contribution in [0.15, 0.2) is 40.2 Å². The van der Waals surface area contributed by atoms with E-state index in [0.29, 0.717) is 33.5 Å². The van der Waals surface area contributed by atoms with Gasteiger partial charge in [-0.05, 0) is 6.08 Å². The van der Waals surface area contributed by atoms with E-state index >= 15 is 0 Å². The lowest BCUT2D eigenvalue weighted by atomic mass is 10.1. The minimum Gasteiger partial charge on any atom is -0.496 e. The van der Waals surface area contributed by atoms with Crippen LogP contribution in [-0.2, 0) is 17.1 Å². The molecule has 0 amide bonds. The first kappa shape index (κ1) is 23.3. The lowest BCUT2D eigenvalue weighted by molar-refractivity contribution is 0.374. The van der Waals surface area contributed by atoms with Crippen LogP contribution in [-0.4, -0.2) is 54.1 Å². The zero-order chi connectivity index (χ0) is 24.5. The molecule has 4 aromatic rings. The van der Waals surface area contributed by atoms with Gasteiger partial charge < -0.3 is 14.2 Å². The maximum Gasteiger partial charge on any atom is 0.279 e. The van der Waals surface area contributed by atoms with Gasteiger partial charge in [0, 0.05) is 19.2 Å². The van der Waals surface area contributed by atoms with E-state index in [9.17, 15) is 13.2 Å². The molecule has 1 aromatic carbocycles. The smallest absolute Gasteiger partial charge is 0.279 e. The molecule has 14 heteroatoms. The molecular weight excluding hydrogens is 484 g/mol. The van der Waals surface area contributed by atoms with E-state index < -0.39 is 10.0 Å². The Hall–Kier alpha value is -3.91. The van der Waals surface area contributed by atoms with Crippen molar-refractivity contribution in [3.8, 4) is 27.8 Å². The average Bonchev–Trinajstić information content (AvgIpc) is 3.44. The van der Waals surface area contributed by atoms with Crippen LogP contribution in [0.1, 0.15) is 5.56 Å². The number of ether oxygens (including phenoxy) is 3. The van der Waals surface area contributed by atoms with E-state index in [1.807, 2.05) is 0 Å². The number of sulfonamides is 1. The molecule has 0 aliphatic rings. The summed E-state index contributed by atoms with van der Waals surface area (Å²) < 4.78 is 46.5. The highest BCUT2D eigenvalue weighted by Crippen LogP contribution is 2.35. The van der Waals surface area contributed by atoms with Crippen molar-refractivity contribution in [1.29, 1.82) is 0 Å². The fourth-order valence-electron chi connectivity index (χ4n) is 3.25. The highest BCUT2D eigenvalue weighted by molar-refractivity contribution is 7.95. The number of hydrogen-bond donors (Lipinski definition) is 1. The molecule has 0 unspecified atom stereocenters. The Balaban J connectivity index is 1.67. The Bertz CT molecular complexity index is 1510. The summed E-state index contributed by atoms with van der Waals surface area (Å²) in [7, 11) is 1.99. The van der Waals surface area contributed by atoms with Crippen LogP contribution in [0, 0.1) is 0 Å². The summed E-state index contributed by atoms with van der Waals surface area (Å²) in [5.74, 6) is 1.24. The number of nitrogens with one attached hydrogen (secondary N) is 1. The summed E-state index contributed by atoms with van der Waals surface area (Å²) >= 11 is 1.21. The van der Waals surface area contributed by atoms with Gasteiger partial charge in [-0.25, -0.2) is 22.6 Å². The second kappa shape index (κ2) is 9.15. The molecule has 0 atom stereocenters. The minimum absolute atomic E-state index is 0.153. The Morgan fingerprint density at radius 1 is 1.12 bits per heavy atom. The number of nitrogens with zero attached hydrogens (tertiary/aromatic N) is 5. The molecule has 4 rings (SSSR count). The number of anilines is 1. The van der Waals surface area contributed by atoms with E-state index in [4.69, 9.17) is 14.2 Å². The fraction of sp³-hybridized carbons (Fsp3) is 0.200. The molecule has 3 heterocycles. The minimum atomic E-state index is -3.96. The van der Waals surface area contributed by atoms with Gasteiger partial charge in [-0.2, -0.15) is 0 Å². The van der Waals surface area contributed by atoms with Gasteiger partial charge in [-0.3, -0.25) is 9.52 Å². The molecule has 0 radical (unpaired) electrons. The van der Waals surface area contributed by atoms with Crippen LogP contribution in [0.2, 0.25) is 0 Å². The van der Waals surface area contributed by atoms with Gasteiger partial charge in [-0.15, -0.1) is 10.2 Å². The van der Waals surface area contributed by atoms with E-state index in [2.05, 4.69) is 19.9 Å².